The summed E-state index contributed by atoms with van der Waals surface area (Å²) < 4.78 is 0. The second-order valence-electron chi connectivity index (χ2n) is 4.47. The zero-order chi connectivity index (χ0) is 13.1. The minimum Gasteiger partial charge on any atom is -0.354 e. The Hall–Kier alpha value is -1.69. The third-order valence-corrected chi connectivity index (χ3v) is 3.24. The van der Waals surface area contributed by atoms with Crippen LogP contribution < -0.4 is 4.90 Å². The smallest absolute Gasteiger partial charge is 0.290 e. The zero-order valence-corrected chi connectivity index (χ0v) is 10.5. The summed E-state index contributed by atoms with van der Waals surface area (Å²) in [6, 6.07) is 1.79. The highest BCUT2D eigenvalue weighted by Crippen LogP contribution is 2.23. The van der Waals surface area contributed by atoms with E-state index in [1.54, 1.807) is 6.07 Å². The van der Waals surface area contributed by atoms with Gasteiger partial charge in [-0.05, 0) is 26.5 Å². The number of pyridine rings is 1. The van der Waals surface area contributed by atoms with Gasteiger partial charge >= 0.3 is 0 Å². The number of nitrogens with zero attached hydrogens (tertiary/aromatic N) is 4. The van der Waals surface area contributed by atoms with Crippen LogP contribution in [0.15, 0.2) is 12.3 Å². The van der Waals surface area contributed by atoms with Crippen LogP contribution in [0.4, 0.5) is 11.5 Å². The van der Waals surface area contributed by atoms with Crippen LogP contribution in [0.5, 0.6) is 0 Å². The van der Waals surface area contributed by atoms with Crippen molar-refractivity contribution in [2.45, 2.75) is 6.42 Å². The molecule has 0 aliphatic carbocycles. The Bertz CT molecular complexity index is 442. The van der Waals surface area contributed by atoms with Crippen molar-refractivity contribution in [3.8, 4) is 0 Å². The summed E-state index contributed by atoms with van der Waals surface area (Å²) in [6.07, 6.45) is 1.74. The van der Waals surface area contributed by atoms with Crippen molar-refractivity contribution in [2.24, 2.45) is 0 Å². The summed E-state index contributed by atoms with van der Waals surface area (Å²) in [5, 5.41) is 10.8. The summed E-state index contributed by atoms with van der Waals surface area (Å²) in [5.41, 5.74) is 0.701. The van der Waals surface area contributed by atoms with E-state index in [1.165, 1.54) is 6.20 Å². The number of nitro groups is 1. The van der Waals surface area contributed by atoms with E-state index in [0.29, 0.717) is 12.0 Å². The van der Waals surface area contributed by atoms with Gasteiger partial charge < -0.3 is 9.80 Å². The van der Waals surface area contributed by atoms with Crippen LogP contribution >= 0.6 is 0 Å². The Balaban J connectivity index is 2.22. The number of hydrogen-bond donors (Lipinski definition) is 0. The lowest BCUT2D eigenvalue weighted by molar-refractivity contribution is -0.385. The summed E-state index contributed by atoms with van der Waals surface area (Å²) in [4.78, 5) is 19.0. The second kappa shape index (κ2) is 5.30. The first-order valence-corrected chi connectivity index (χ1v) is 5.98. The van der Waals surface area contributed by atoms with Crippen molar-refractivity contribution in [1.29, 1.82) is 0 Å². The van der Waals surface area contributed by atoms with Gasteiger partial charge in [0.2, 0.25) is 0 Å². The molecular formula is C12H17N4O2. The fourth-order valence-corrected chi connectivity index (χ4v) is 2.05. The summed E-state index contributed by atoms with van der Waals surface area (Å²) in [6.45, 7) is 7.51. The molecule has 0 aromatic carbocycles. The van der Waals surface area contributed by atoms with E-state index in [-0.39, 0.29) is 5.69 Å². The van der Waals surface area contributed by atoms with Gasteiger partial charge in [-0.2, -0.15) is 0 Å². The van der Waals surface area contributed by atoms with E-state index in [1.807, 2.05) is 0 Å². The average molecular weight is 249 g/mol. The molecule has 0 spiro atoms. The van der Waals surface area contributed by atoms with Crippen molar-refractivity contribution < 1.29 is 4.92 Å². The zero-order valence-electron chi connectivity index (χ0n) is 10.5. The van der Waals surface area contributed by atoms with Gasteiger partial charge in [-0.1, -0.05) is 0 Å². The van der Waals surface area contributed by atoms with Crippen LogP contribution in [0.3, 0.4) is 0 Å². The summed E-state index contributed by atoms with van der Waals surface area (Å²) in [7, 11) is 2.09. The van der Waals surface area contributed by atoms with Crippen molar-refractivity contribution in [2.75, 3.05) is 38.1 Å². The van der Waals surface area contributed by atoms with Gasteiger partial charge in [-0.3, -0.25) is 10.1 Å². The van der Waals surface area contributed by atoms with Crippen LogP contribution in [0.1, 0.15) is 5.56 Å². The number of piperazine rings is 1. The predicted octanol–water partition coefficient (Wildman–Crippen LogP) is 1.12. The van der Waals surface area contributed by atoms with Crippen LogP contribution in [0.25, 0.3) is 0 Å². The molecule has 18 heavy (non-hydrogen) atoms. The molecule has 0 saturated carbocycles. The fraction of sp³-hybridized carbons (Fsp3) is 0.500. The molecule has 1 aliphatic heterocycles. The van der Waals surface area contributed by atoms with E-state index in [4.69, 9.17) is 0 Å². The maximum absolute atomic E-state index is 10.8. The van der Waals surface area contributed by atoms with Crippen LogP contribution in [-0.2, 0) is 6.42 Å². The molecule has 0 amide bonds. The number of aromatic nitrogens is 1. The minimum atomic E-state index is -0.402. The van der Waals surface area contributed by atoms with E-state index >= 15 is 0 Å². The molecule has 97 valence electrons. The van der Waals surface area contributed by atoms with Gasteiger partial charge in [0.25, 0.3) is 5.69 Å². The number of rotatable bonds is 3. The lowest BCUT2D eigenvalue weighted by atomic mass is 10.1. The first-order chi connectivity index (χ1) is 8.61. The number of likely N-dealkylation sites (N-methyl/N-ethyl adjacent to an activating group) is 1. The third-order valence-electron chi connectivity index (χ3n) is 3.24. The van der Waals surface area contributed by atoms with Gasteiger partial charge in [0, 0.05) is 31.7 Å². The van der Waals surface area contributed by atoms with Crippen LogP contribution in [0, 0.1) is 17.0 Å². The maximum Gasteiger partial charge on any atom is 0.290 e. The topological polar surface area (TPSA) is 62.5 Å². The third kappa shape index (κ3) is 2.59. The minimum absolute atomic E-state index is 0.0582. The van der Waals surface area contributed by atoms with Crippen molar-refractivity contribution in [1.82, 2.24) is 9.88 Å². The molecule has 1 aliphatic rings. The van der Waals surface area contributed by atoms with Gasteiger partial charge in [-0.15, -0.1) is 0 Å². The van der Waals surface area contributed by atoms with E-state index in [0.717, 1.165) is 32.0 Å². The van der Waals surface area contributed by atoms with Gasteiger partial charge in [-0.25, -0.2) is 4.98 Å². The van der Waals surface area contributed by atoms with Gasteiger partial charge in [0.15, 0.2) is 0 Å². The molecule has 1 aromatic heterocycles. The first-order valence-electron chi connectivity index (χ1n) is 5.98. The summed E-state index contributed by atoms with van der Waals surface area (Å²) >= 11 is 0. The molecular weight excluding hydrogens is 232 g/mol. The maximum atomic E-state index is 10.8. The first kappa shape index (κ1) is 12.8. The molecule has 1 saturated heterocycles. The normalized spacial score (nSPS) is 16.9. The Labute approximate surface area is 106 Å². The number of hydrogen-bond acceptors (Lipinski definition) is 5. The van der Waals surface area contributed by atoms with Crippen molar-refractivity contribution >= 4 is 11.5 Å². The van der Waals surface area contributed by atoms with E-state index in [9.17, 15) is 10.1 Å². The largest absolute Gasteiger partial charge is 0.354 e. The number of anilines is 1. The standard InChI is InChI=1S/C12H17N4O2/c1-3-10-8-12(13-9-11(10)16(17)18)15-6-4-14(2)5-7-15/h8-9H,1,3-7H2,2H3. The Morgan fingerprint density at radius 1 is 1.44 bits per heavy atom. The lowest BCUT2D eigenvalue weighted by Crippen LogP contribution is -2.44. The van der Waals surface area contributed by atoms with Crippen LogP contribution in [-0.4, -0.2) is 48.0 Å². The molecule has 1 fully saturated rings. The second-order valence-corrected chi connectivity index (χ2v) is 4.47. The van der Waals surface area contributed by atoms with Crippen molar-refractivity contribution in [3.63, 3.8) is 0 Å². The average Bonchev–Trinajstić information content (AvgIpc) is 2.38. The van der Waals surface area contributed by atoms with Gasteiger partial charge in [0.1, 0.15) is 12.0 Å². The Morgan fingerprint density at radius 3 is 2.67 bits per heavy atom. The molecule has 1 radical (unpaired) electrons. The Morgan fingerprint density at radius 2 is 2.11 bits per heavy atom. The SMILES string of the molecule is [CH2]Cc1cc(N2CCN(C)CC2)ncc1[N+](=O)[O-]. The monoisotopic (exact) mass is 249 g/mol. The highest BCUT2D eigenvalue weighted by Gasteiger charge is 2.19. The quantitative estimate of drug-likeness (QED) is 0.593. The molecule has 0 unspecified atom stereocenters. The van der Waals surface area contributed by atoms with E-state index in [2.05, 4.69) is 28.8 Å². The van der Waals surface area contributed by atoms with Crippen LogP contribution in [0.2, 0.25) is 0 Å². The van der Waals surface area contributed by atoms with Gasteiger partial charge in [0.05, 0.1) is 4.92 Å². The van der Waals surface area contributed by atoms with Crippen molar-refractivity contribution in [3.05, 3.63) is 34.9 Å². The molecule has 0 N–H and O–H groups in total. The molecule has 2 rings (SSSR count). The molecule has 6 heteroatoms. The highest BCUT2D eigenvalue weighted by atomic mass is 16.6. The lowest BCUT2D eigenvalue weighted by Gasteiger charge is -2.33. The molecule has 1 aromatic rings. The molecule has 0 bridgehead atoms. The highest BCUT2D eigenvalue weighted by molar-refractivity contribution is 5.49. The molecule has 2 heterocycles. The molecule has 0 atom stereocenters. The summed E-state index contributed by atoms with van der Waals surface area (Å²) in [5.74, 6) is 0.812. The molecule has 6 nitrogen and oxygen atoms in total. The Kier molecular flexibility index (Phi) is 3.76. The predicted molar refractivity (Wildman–Crippen MR) is 69.7 cm³/mol. The fourth-order valence-electron chi connectivity index (χ4n) is 2.05. The van der Waals surface area contributed by atoms with E-state index < -0.39 is 4.92 Å².